The monoisotopic (exact) mass is 300 g/mol. The predicted molar refractivity (Wildman–Crippen MR) is 69.4 cm³/mol. The van der Waals surface area contributed by atoms with E-state index in [1.807, 2.05) is 31.1 Å². The number of benzene rings is 1. The summed E-state index contributed by atoms with van der Waals surface area (Å²) in [7, 11) is 3.69. The fourth-order valence-electron chi connectivity index (χ4n) is 1.33. The van der Waals surface area contributed by atoms with Gasteiger partial charge in [-0.05, 0) is 18.2 Å². The third-order valence-electron chi connectivity index (χ3n) is 2.03. The topological polar surface area (TPSA) is 69.6 Å². The van der Waals surface area contributed by atoms with E-state index in [1.54, 1.807) is 6.07 Å². The Labute approximate surface area is 108 Å². The van der Waals surface area contributed by atoms with Crippen LogP contribution >= 0.6 is 15.9 Å². The zero-order valence-electron chi connectivity index (χ0n) is 9.53. The van der Waals surface area contributed by atoms with Crippen molar-refractivity contribution >= 4 is 39.2 Å². The molecule has 0 saturated heterocycles. The molecule has 1 rings (SSSR count). The van der Waals surface area contributed by atoms with Gasteiger partial charge in [0.15, 0.2) is 0 Å². The summed E-state index contributed by atoms with van der Waals surface area (Å²) >= 11 is 3.30. The van der Waals surface area contributed by atoms with Gasteiger partial charge in [-0.3, -0.25) is 9.59 Å². The van der Waals surface area contributed by atoms with Crippen LogP contribution in [0.4, 0.5) is 11.4 Å². The van der Waals surface area contributed by atoms with Gasteiger partial charge in [-0.2, -0.15) is 0 Å². The number of anilines is 2. The molecule has 0 aromatic heterocycles. The lowest BCUT2D eigenvalue weighted by Crippen LogP contribution is -2.18. The van der Waals surface area contributed by atoms with E-state index < -0.39 is 18.3 Å². The molecule has 0 saturated carbocycles. The van der Waals surface area contributed by atoms with Crippen molar-refractivity contribution in [2.24, 2.45) is 0 Å². The van der Waals surface area contributed by atoms with Gasteiger partial charge in [-0.25, -0.2) is 0 Å². The van der Waals surface area contributed by atoms with E-state index in [9.17, 15) is 9.59 Å². The fraction of sp³-hybridized carbons (Fsp3) is 0.273. The van der Waals surface area contributed by atoms with Crippen LogP contribution in [-0.2, 0) is 9.59 Å². The molecule has 1 amide bonds. The van der Waals surface area contributed by atoms with Crippen molar-refractivity contribution in [1.29, 1.82) is 0 Å². The Morgan fingerprint density at radius 2 is 2.06 bits per heavy atom. The highest BCUT2D eigenvalue weighted by molar-refractivity contribution is 9.10. The smallest absolute Gasteiger partial charge is 0.312 e. The minimum absolute atomic E-state index is 0.542. The number of nitrogens with one attached hydrogen (secondary N) is 1. The van der Waals surface area contributed by atoms with Gasteiger partial charge in [0, 0.05) is 18.6 Å². The largest absolute Gasteiger partial charge is 0.481 e. The van der Waals surface area contributed by atoms with Crippen molar-refractivity contribution in [3.63, 3.8) is 0 Å². The molecular formula is C11H13BrN2O3. The van der Waals surface area contributed by atoms with Gasteiger partial charge in [0.05, 0.1) is 11.4 Å². The third kappa shape index (κ3) is 4.07. The maximum Gasteiger partial charge on any atom is 0.312 e. The molecule has 17 heavy (non-hydrogen) atoms. The van der Waals surface area contributed by atoms with Crippen molar-refractivity contribution in [2.75, 3.05) is 24.3 Å². The lowest BCUT2D eigenvalue weighted by atomic mass is 10.2. The number of carbonyl (C=O) groups is 2. The van der Waals surface area contributed by atoms with E-state index in [0.717, 1.165) is 10.2 Å². The number of rotatable bonds is 4. The van der Waals surface area contributed by atoms with Crippen LogP contribution in [0.2, 0.25) is 0 Å². The summed E-state index contributed by atoms with van der Waals surface area (Å²) in [6.45, 7) is 0. The molecular weight excluding hydrogens is 288 g/mol. The number of carbonyl (C=O) groups excluding carboxylic acids is 1. The van der Waals surface area contributed by atoms with E-state index in [-0.39, 0.29) is 0 Å². The molecule has 0 atom stereocenters. The Hall–Kier alpha value is -1.56. The zero-order chi connectivity index (χ0) is 13.0. The van der Waals surface area contributed by atoms with Crippen molar-refractivity contribution in [1.82, 2.24) is 0 Å². The Kier molecular flexibility index (Phi) is 4.51. The first-order valence-corrected chi connectivity index (χ1v) is 5.68. The van der Waals surface area contributed by atoms with Crippen LogP contribution in [-0.4, -0.2) is 31.1 Å². The van der Waals surface area contributed by atoms with Crippen LogP contribution in [0.3, 0.4) is 0 Å². The number of hydrogen-bond acceptors (Lipinski definition) is 3. The summed E-state index contributed by atoms with van der Waals surface area (Å²) < 4.78 is 0.814. The van der Waals surface area contributed by atoms with Gasteiger partial charge >= 0.3 is 5.97 Å². The predicted octanol–water partition coefficient (Wildman–Crippen LogP) is 1.93. The molecule has 0 heterocycles. The standard InChI is InChI=1S/C11H13BrN2O3/c1-14(2)9-4-3-7(12)5-8(9)13-10(15)6-11(16)17/h3-5H,6H2,1-2H3,(H,13,15)(H,16,17). The summed E-state index contributed by atoms with van der Waals surface area (Å²) in [6.07, 6.45) is -0.542. The zero-order valence-corrected chi connectivity index (χ0v) is 11.1. The number of hydrogen-bond donors (Lipinski definition) is 2. The summed E-state index contributed by atoms with van der Waals surface area (Å²) in [5.74, 6) is -1.69. The van der Waals surface area contributed by atoms with Crippen molar-refractivity contribution in [2.45, 2.75) is 6.42 Å². The van der Waals surface area contributed by atoms with Crippen LogP contribution in [0.1, 0.15) is 6.42 Å². The first-order chi connectivity index (χ1) is 7.90. The molecule has 0 aliphatic carbocycles. The molecule has 0 aliphatic heterocycles. The fourth-order valence-corrected chi connectivity index (χ4v) is 1.69. The average molecular weight is 301 g/mol. The molecule has 1 aromatic carbocycles. The number of carboxylic acids is 1. The molecule has 0 unspecified atom stereocenters. The number of aliphatic carboxylic acids is 1. The molecule has 2 N–H and O–H groups in total. The van der Waals surface area contributed by atoms with E-state index in [0.29, 0.717) is 5.69 Å². The second kappa shape index (κ2) is 5.67. The number of carboxylic acid groups (broad SMARTS) is 1. The van der Waals surface area contributed by atoms with Crippen molar-refractivity contribution in [3.8, 4) is 0 Å². The van der Waals surface area contributed by atoms with E-state index >= 15 is 0 Å². The van der Waals surface area contributed by atoms with E-state index in [1.165, 1.54) is 0 Å². The van der Waals surface area contributed by atoms with Crippen LogP contribution in [0.15, 0.2) is 22.7 Å². The summed E-state index contributed by atoms with van der Waals surface area (Å²) in [6, 6.07) is 5.41. The van der Waals surface area contributed by atoms with E-state index in [4.69, 9.17) is 5.11 Å². The first-order valence-electron chi connectivity index (χ1n) is 4.88. The highest BCUT2D eigenvalue weighted by Crippen LogP contribution is 2.28. The molecule has 1 aromatic rings. The van der Waals surface area contributed by atoms with Crippen molar-refractivity contribution < 1.29 is 14.7 Å². The van der Waals surface area contributed by atoms with Gasteiger partial charge in [-0.1, -0.05) is 15.9 Å². The molecule has 0 aliphatic rings. The van der Waals surface area contributed by atoms with Crippen LogP contribution < -0.4 is 10.2 Å². The lowest BCUT2D eigenvalue weighted by molar-refractivity contribution is -0.139. The Balaban J connectivity index is 2.92. The minimum Gasteiger partial charge on any atom is -0.481 e. The van der Waals surface area contributed by atoms with Crippen LogP contribution in [0.25, 0.3) is 0 Å². The number of nitrogens with zero attached hydrogens (tertiary/aromatic N) is 1. The van der Waals surface area contributed by atoms with Gasteiger partial charge in [-0.15, -0.1) is 0 Å². The normalized spacial score (nSPS) is 9.82. The molecule has 0 spiro atoms. The molecule has 0 bridgehead atoms. The first kappa shape index (κ1) is 13.5. The molecule has 0 fully saturated rings. The second-order valence-corrected chi connectivity index (χ2v) is 4.59. The molecule has 6 heteroatoms. The van der Waals surface area contributed by atoms with Gasteiger partial charge in [0.2, 0.25) is 5.91 Å². The van der Waals surface area contributed by atoms with Crippen LogP contribution in [0, 0.1) is 0 Å². The molecule has 0 radical (unpaired) electrons. The number of amides is 1. The van der Waals surface area contributed by atoms with Crippen LogP contribution in [0.5, 0.6) is 0 Å². The maximum absolute atomic E-state index is 11.4. The maximum atomic E-state index is 11.4. The SMILES string of the molecule is CN(C)c1ccc(Br)cc1NC(=O)CC(=O)O. The Morgan fingerprint density at radius 1 is 1.41 bits per heavy atom. The van der Waals surface area contributed by atoms with Crippen molar-refractivity contribution in [3.05, 3.63) is 22.7 Å². The third-order valence-corrected chi connectivity index (χ3v) is 2.52. The Bertz CT molecular complexity index is 446. The van der Waals surface area contributed by atoms with E-state index in [2.05, 4.69) is 21.2 Å². The Morgan fingerprint density at radius 3 is 2.59 bits per heavy atom. The van der Waals surface area contributed by atoms with Gasteiger partial charge < -0.3 is 15.3 Å². The van der Waals surface area contributed by atoms with Gasteiger partial charge in [0.25, 0.3) is 0 Å². The second-order valence-electron chi connectivity index (χ2n) is 3.67. The van der Waals surface area contributed by atoms with Gasteiger partial charge in [0.1, 0.15) is 6.42 Å². The highest BCUT2D eigenvalue weighted by Gasteiger charge is 2.11. The summed E-state index contributed by atoms with van der Waals surface area (Å²) in [5, 5.41) is 11.1. The highest BCUT2D eigenvalue weighted by atomic mass is 79.9. The summed E-state index contributed by atoms with van der Waals surface area (Å²) in [5.41, 5.74) is 1.39. The lowest BCUT2D eigenvalue weighted by Gasteiger charge is -2.18. The molecule has 92 valence electrons. The average Bonchev–Trinajstić information content (AvgIpc) is 2.15. The number of halogens is 1. The minimum atomic E-state index is -1.15. The quantitative estimate of drug-likeness (QED) is 0.834. The summed E-state index contributed by atoms with van der Waals surface area (Å²) in [4.78, 5) is 23.6. The molecule has 5 nitrogen and oxygen atoms in total.